The van der Waals surface area contributed by atoms with Crippen molar-refractivity contribution in [1.29, 1.82) is 0 Å². The lowest BCUT2D eigenvalue weighted by molar-refractivity contribution is 0.218. The average Bonchev–Trinajstić information content (AvgIpc) is 2.85. The number of rotatable bonds is 6. The summed E-state index contributed by atoms with van der Waals surface area (Å²) >= 11 is 0. The van der Waals surface area contributed by atoms with Gasteiger partial charge in [-0.05, 0) is 11.1 Å². The Morgan fingerprint density at radius 2 is 0.938 bits per heavy atom. The zero-order chi connectivity index (χ0) is 21.9. The standard InChI is InChI=1S/C26H24N4O2/c1-31-21-13-19(27-15-29-21)25-23(17-9-5-3-6-10-17)26(20-14-22(32-2)30-16-28-20)24(25)18-11-7-4-8-12-18/h3-16,23-26H,1-2H3. The molecule has 6 nitrogen and oxygen atoms in total. The summed E-state index contributed by atoms with van der Waals surface area (Å²) in [5.41, 5.74) is 4.45. The molecular weight excluding hydrogens is 400 g/mol. The Kier molecular flexibility index (Phi) is 5.50. The fourth-order valence-corrected chi connectivity index (χ4v) is 4.96. The number of ether oxygens (including phenoxy) is 2. The van der Waals surface area contributed by atoms with Crippen molar-refractivity contribution in [1.82, 2.24) is 19.9 Å². The number of nitrogens with zero attached hydrogens (tertiary/aromatic N) is 4. The highest BCUT2D eigenvalue weighted by Crippen LogP contribution is 2.66. The zero-order valence-electron chi connectivity index (χ0n) is 18.0. The first kappa shape index (κ1) is 20.1. The molecule has 2 heterocycles. The molecule has 2 aromatic heterocycles. The summed E-state index contributed by atoms with van der Waals surface area (Å²) in [7, 11) is 3.26. The summed E-state index contributed by atoms with van der Waals surface area (Å²) in [6.07, 6.45) is 3.17. The maximum absolute atomic E-state index is 5.41. The van der Waals surface area contributed by atoms with E-state index in [0.717, 1.165) is 11.4 Å². The monoisotopic (exact) mass is 424 g/mol. The van der Waals surface area contributed by atoms with Crippen molar-refractivity contribution in [2.75, 3.05) is 14.2 Å². The molecule has 160 valence electrons. The zero-order valence-corrected chi connectivity index (χ0v) is 18.0. The first-order valence-corrected chi connectivity index (χ1v) is 10.6. The first-order chi connectivity index (χ1) is 15.8. The second kappa shape index (κ2) is 8.75. The molecule has 0 radical (unpaired) electrons. The Bertz CT molecular complexity index is 1080. The highest BCUT2D eigenvalue weighted by atomic mass is 16.5. The van der Waals surface area contributed by atoms with Crippen LogP contribution in [0.15, 0.2) is 85.5 Å². The SMILES string of the molecule is COc1cc(C2C(c3ccccc3)C(c3cc(OC)ncn3)C2c2ccccc2)ncn1. The van der Waals surface area contributed by atoms with Gasteiger partial charge in [-0.3, -0.25) is 0 Å². The van der Waals surface area contributed by atoms with Gasteiger partial charge in [0, 0.05) is 35.8 Å². The van der Waals surface area contributed by atoms with Gasteiger partial charge in [-0.25, -0.2) is 19.9 Å². The fourth-order valence-electron chi connectivity index (χ4n) is 4.96. The summed E-state index contributed by atoms with van der Waals surface area (Å²) in [4.78, 5) is 17.8. The molecule has 5 rings (SSSR count). The van der Waals surface area contributed by atoms with E-state index in [0.29, 0.717) is 11.8 Å². The predicted molar refractivity (Wildman–Crippen MR) is 121 cm³/mol. The molecule has 32 heavy (non-hydrogen) atoms. The lowest BCUT2D eigenvalue weighted by atomic mass is 9.50. The molecule has 0 bridgehead atoms. The molecule has 0 unspecified atom stereocenters. The van der Waals surface area contributed by atoms with Crippen LogP contribution in [0.25, 0.3) is 0 Å². The van der Waals surface area contributed by atoms with Gasteiger partial charge in [0.1, 0.15) is 12.7 Å². The summed E-state index contributed by atoms with van der Waals surface area (Å²) < 4.78 is 10.8. The Morgan fingerprint density at radius 3 is 1.31 bits per heavy atom. The predicted octanol–water partition coefficient (Wildman–Crippen LogP) is 4.73. The van der Waals surface area contributed by atoms with Crippen molar-refractivity contribution in [2.45, 2.75) is 23.7 Å². The Morgan fingerprint density at radius 1 is 0.531 bits per heavy atom. The van der Waals surface area contributed by atoms with Gasteiger partial charge in [0.25, 0.3) is 0 Å². The van der Waals surface area contributed by atoms with Crippen molar-refractivity contribution in [3.63, 3.8) is 0 Å². The molecule has 0 saturated heterocycles. The van der Waals surface area contributed by atoms with Crippen LogP contribution in [0, 0.1) is 0 Å². The largest absolute Gasteiger partial charge is 0.481 e. The van der Waals surface area contributed by atoms with Gasteiger partial charge in [-0.2, -0.15) is 0 Å². The molecular formula is C26H24N4O2. The molecule has 0 N–H and O–H groups in total. The van der Waals surface area contributed by atoms with Gasteiger partial charge in [0.2, 0.25) is 11.8 Å². The van der Waals surface area contributed by atoms with Crippen LogP contribution in [0.3, 0.4) is 0 Å². The second-order valence-electron chi connectivity index (χ2n) is 7.89. The van der Waals surface area contributed by atoms with Crippen molar-refractivity contribution in [3.8, 4) is 11.8 Å². The van der Waals surface area contributed by atoms with Gasteiger partial charge in [0.15, 0.2) is 0 Å². The van der Waals surface area contributed by atoms with Crippen LogP contribution in [0.5, 0.6) is 11.8 Å². The van der Waals surface area contributed by atoms with Gasteiger partial charge in [-0.15, -0.1) is 0 Å². The van der Waals surface area contributed by atoms with Crippen molar-refractivity contribution in [2.24, 2.45) is 0 Å². The summed E-state index contributed by atoms with van der Waals surface area (Å²) in [5, 5.41) is 0. The van der Waals surface area contributed by atoms with E-state index in [1.54, 1.807) is 26.9 Å². The molecule has 4 aromatic rings. The summed E-state index contributed by atoms with van der Waals surface area (Å²) in [5.74, 6) is 1.79. The maximum atomic E-state index is 5.41. The first-order valence-electron chi connectivity index (χ1n) is 10.6. The third kappa shape index (κ3) is 3.58. The highest BCUT2D eigenvalue weighted by molar-refractivity contribution is 5.46. The smallest absolute Gasteiger partial charge is 0.216 e. The molecule has 0 amide bonds. The van der Waals surface area contributed by atoms with E-state index in [9.17, 15) is 0 Å². The van der Waals surface area contributed by atoms with Gasteiger partial charge in [0.05, 0.1) is 25.6 Å². The van der Waals surface area contributed by atoms with E-state index in [2.05, 4.69) is 68.5 Å². The van der Waals surface area contributed by atoms with Crippen LogP contribution in [-0.4, -0.2) is 34.2 Å². The lowest BCUT2D eigenvalue weighted by Gasteiger charge is -2.52. The molecule has 6 heteroatoms. The number of hydrogen-bond donors (Lipinski definition) is 0. The van der Waals surface area contributed by atoms with Crippen LogP contribution in [-0.2, 0) is 0 Å². The van der Waals surface area contributed by atoms with E-state index in [1.807, 2.05) is 24.3 Å². The molecule has 2 aromatic carbocycles. The molecule has 1 aliphatic carbocycles. The molecule has 0 spiro atoms. The molecule has 1 saturated carbocycles. The van der Waals surface area contributed by atoms with Crippen LogP contribution in [0.4, 0.5) is 0 Å². The van der Waals surface area contributed by atoms with Crippen LogP contribution in [0.1, 0.15) is 46.2 Å². The number of aromatic nitrogens is 4. The molecule has 0 atom stereocenters. The molecule has 1 fully saturated rings. The van der Waals surface area contributed by atoms with Crippen molar-refractivity contribution in [3.05, 3.63) is 108 Å². The minimum absolute atomic E-state index is 0.141. The molecule has 1 aliphatic rings. The Hall–Kier alpha value is -3.80. The van der Waals surface area contributed by atoms with E-state index in [4.69, 9.17) is 9.47 Å². The Labute approximate surface area is 187 Å². The van der Waals surface area contributed by atoms with E-state index in [1.165, 1.54) is 11.1 Å². The summed E-state index contributed by atoms with van der Waals surface area (Å²) in [6, 6.07) is 25.1. The lowest BCUT2D eigenvalue weighted by Crippen LogP contribution is -2.41. The average molecular weight is 425 g/mol. The van der Waals surface area contributed by atoms with Gasteiger partial charge in [-0.1, -0.05) is 60.7 Å². The van der Waals surface area contributed by atoms with Crippen LogP contribution in [0.2, 0.25) is 0 Å². The van der Waals surface area contributed by atoms with Crippen LogP contribution >= 0.6 is 0 Å². The van der Waals surface area contributed by atoms with E-state index >= 15 is 0 Å². The number of hydrogen-bond acceptors (Lipinski definition) is 6. The highest BCUT2D eigenvalue weighted by Gasteiger charge is 2.54. The minimum Gasteiger partial charge on any atom is -0.481 e. The third-order valence-corrected chi connectivity index (χ3v) is 6.34. The third-order valence-electron chi connectivity index (χ3n) is 6.34. The van der Waals surface area contributed by atoms with Gasteiger partial charge >= 0.3 is 0 Å². The Balaban J connectivity index is 1.68. The van der Waals surface area contributed by atoms with Crippen molar-refractivity contribution >= 4 is 0 Å². The van der Waals surface area contributed by atoms with E-state index in [-0.39, 0.29) is 23.7 Å². The van der Waals surface area contributed by atoms with Crippen molar-refractivity contribution < 1.29 is 9.47 Å². The normalized spacial score (nSPS) is 22.1. The van der Waals surface area contributed by atoms with Gasteiger partial charge < -0.3 is 9.47 Å². The number of methoxy groups -OCH3 is 2. The van der Waals surface area contributed by atoms with Crippen LogP contribution < -0.4 is 9.47 Å². The summed E-state index contributed by atoms with van der Waals surface area (Å²) in [6.45, 7) is 0. The quantitative estimate of drug-likeness (QED) is 0.446. The topological polar surface area (TPSA) is 70.0 Å². The molecule has 0 aliphatic heterocycles. The second-order valence-corrected chi connectivity index (χ2v) is 7.89. The maximum Gasteiger partial charge on any atom is 0.216 e. The fraction of sp³-hybridized carbons (Fsp3) is 0.231. The number of benzene rings is 2. The van der Waals surface area contributed by atoms with E-state index < -0.39 is 0 Å². The minimum atomic E-state index is 0.141.